The van der Waals surface area contributed by atoms with Crippen LogP contribution in [0.5, 0.6) is 0 Å². The van der Waals surface area contributed by atoms with Crippen molar-refractivity contribution < 1.29 is 56.2 Å². The number of esters is 1. The minimum absolute atomic E-state index is 0.0101. The molecule has 0 aromatic rings. The zero-order valence-corrected chi connectivity index (χ0v) is 31.5. The minimum Gasteiger partial charge on any atom is -0.457 e. The van der Waals surface area contributed by atoms with Gasteiger partial charge in [-0.1, -0.05) is 113 Å². The summed E-state index contributed by atoms with van der Waals surface area (Å²) in [5.74, 6) is -0.461. The van der Waals surface area contributed by atoms with E-state index in [1.807, 2.05) is 6.08 Å². The van der Waals surface area contributed by atoms with Crippen molar-refractivity contribution in [2.45, 2.75) is 147 Å². The van der Waals surface area contributed by atoms with Gasteiger partial charge in [-0.15, -0.1) is 0 Å². The van der Waals surface area contributed by atoms with Crippen molar-refractivity contribution in [3.8, 4) is 0 Å². The molecule has 1 heterocycles. The van der Waals surface area contributed by atoms with E-state index in [2.05, 4.69) is 72.7 Å². The van der Waals surface area contributed by atoms with Crippen molar-refractivity contribution in [1.82, 2.24) is 0 Å². The smallest absolute Gasteiger partial charge is 0.397 e. The summed E-state index contributed by atoms with van der Waals surface area (Å²) in [6, 6.07) is 0. The van der Waals surface area contributed by atoms with Crippen LogP contribution in [-0.4, -0.2) is 97.5 Å². The third-order valence-electron chi connectivity index (χ3n) is 7.90. The molecule has 1 rings (SSSR count). The molecule has 1 aliphatic heterocycles. The van der Waals surface area contributed by atoms with Gasteiger partial charge in [-0.2, -0.15) is 8.42 Å². The number of hydrogen-bond donors (Lipinski definition) is 4. The SMILES string of the molecule is CC/C=C\C/C=C\C/C=C\C/C=C\C/C=C\CCCC(=O)OC(COCCCCCCCCC)COC1OC(CO)C(O)C(OS(=O)(=O)O)C1O. The van der Waals surface area contributed by atoms with Crippen molar-refractivity contribution in [2.24, 2.45) is 0 Å². The van der Waals surface area contributed by atoms with Crippen LogP contribution in [0, 0.1) is 0 Å². The summed E-state index contributed by atoms with van der Waals surface area (Å²) in [7, 11) is -5.06. The lowest BCUT2D eigenvalue weighted by atomic mass is 9.99. The van der Waals surface area contributed by atoms with Gasteiger partial charge in [0, 0.05) is 13.0 Å². The molecule has 0 amide bonds. The monoisotopic (exact) mass is 744 g/mol. The molecule has 13 heteroatoms. The van der Waals surface area contributed by atoms with E-state index in [0.29, 0.717) is 19.4 Å². The Labute approximate surface area is 306 Å². The Kier molecular flexibility index (Phi) is 27.8. The molecule has 0 aromatic carbocycles. The highest BCUT2D eigenvalue weighted by atomic mass is 32.3. The summed E-state index contributed by atoms with van der Waals surface area (Å²) in [5, 5.41) is 30.4. The van der Waals surface area contributed by atoms with Crippen LogP contribution in [0.3, 0.4) is 0 Å². The molecule has 51 heavy (non-hydrogen) atoms. The zero-order chi connectivity index (χ0) is 37.6. The first kappa shape index (κ1) is 46.8. The molecular weight excluding hydrogens is 680 g/mol. The van der Waals surface area contributed by atoms with Crippen LogP contribution >= 0.6 is 0 Å². The van der Waals surface area contributed by atoms with Gasteiger partial charge in [0.1, 0.15) is 30.5 Å². The third kappa shape index (κ3) is 24.6. The summed E-state index contributed by atoms with van der Waals surface area (Å²) in [6.07, 6.45) is 25.8. The summed E-state index contributed by atoms with van der Waals surface area (Å²) in [6.45, 7) is 3.71. The Morgan fingerprint density at radius 2 is 1.33 bits per heavy atom. The standard InChI is InChI=1S/C38H64O12S/c1-3-5-7-9-11-12-13-14-15-16-17-18-19-20-21-23-25-27-34(40)48-32(30-46-28-26-24-22-10-8-6-4-2)31-47-38-36(42)37(50-51(43,44)45)35(41)33(29-39)49-38/h5,7,11-12,14-15,17-18,20-21,32-33,35-39,41-42H,3-4,6,8-10,13,16,19,22-31H2,1-2H3,(H,43,44,45)/b7-5-,12-11-,15-14-,18-17-,21-20-. The Morgan fingerprint density at radius 1 is 0.765 bits per heavy atom. The Morgan fingerprint density at radius 3 is 1.90 bits per heavy atom. The molecule has 294 valence electrons. The average Bonchev–Trinajstić information content (AvgIpc) is 3.09. The number of ether oxygens (including phenoxy) is 4. The molecule has 1 fully saturated rings. The predicted molar refractivity (Wildman–Crippen MR) is 197 cm³/mol. The lowest BCUT2D eigenvalue weighted by Crippen LogP contribution is -2.60. The summed E-state index contributed by atoms with van der Waals surface area (Å²) in [4.78, 5) is 12.7. The first-order valence-electron chi connectivity index (χ1n) is 18.5. The fourth-order valence-electron chi connectivity index (χ4n) is 5.12. The van der Waals surface area contributed by atoms with E-state index in [1.54, 1.807) is 0 Å². The molecule has 6 atom stereocenters. The highest BCUT2D eigenvalue weighted by molar-refractivity contribution is 7.80. The maximum atomic E-state index is 12.7. The van der Waals surface area contributed by atoms with Crippen molar-refractivity contribution in [1.29, 1.82) is 0 Å². The van der Waals surface area contributed by atoms with Gasteiger partial charge in [0.05, 0.1) is 19.8 Å². The molecule has 12 nitrogen and oxygen atoms in total. The first-order chi connectivity index (χ1) is 24.6. The summed E-state index contributed by atoms with van der Waals surface area (Å²) in [5.41, 5.74) is 0. The van der Waals surface area contributed by atoms with E-state index in [9.17, 15) is 28.5 Å². The molecule has 0 radical (unpaired) electrons. The molecule has 0 aliphatic carbocycles. The topological polar surface area (TPSA) is 178 Å². The highest BCUT2D eigenvalue weighted by Crippen LogP contribution is 2.26. The van der Waals surface area contributed by atoms with Gasteiger partial charge in [-0.3, -0.25) is 9.35 Å². The van der Waals surface area contributed by atoms with Gasteiger partial charge < -0.3 is 34.3 Å². The Balaban J connectivity index is 2.54. The maximum Gasteiger partial charge on any atom is 0.397 e. The molecule has 0 saturated carbocycles. The largest absolute Gasteiger partial charge is 0.457 e. The van der Waals surface area contributed by atoms with Crippen LogP contribution in [-0.2, 0) is 38.3 Å². The predicted octanol–water partition coefficient (Wildman–Crippen LogP) is 6.23. The lowest BCUT2D eigenvalue weighted by Gasteiger charge is -2.41. The third-order valence-corrected chi connectivity index (χ3v) is 8.37. The van der Waals surface area contributed by atoms with Crippen LogP contribution in [0.15, 0.2) is 60.8 Å². The van der Waals surface area contributed by atoms with Crippen LogP contribution in [0.2, 0.25) is 0 Å². The molecule has 1 aliphatic rings. The second kappa shape index (κ2) is 30.3. The molecule has 0 aromatic heterocycles. The number of carbonyl (C=O) groups is 1. The van der Waals surface area contributed by atoms with E-state index in [1.165, 1.54) is 25.7 Å². The quantitative estimate of drug-likeness (QED) is 0.0283. The van der Waals surface area contributed by atoms with Crippen LogP contribution in [0.4, 0.5) is 0 Å². The molecular formula is C38H64O12S. The van der Waals surface area contributed by atoms with Gasteiger partial charge in [-0.25, -0.2) is 4.18 Å². The maximum absolute atomic E-state index is 12.7. The first-order valence-corrected chi connectivity index (χ1v) is 19.9. The summed E-state index contributed by atoms with van der Waals surface area (Å²) < 4.78 is 58.5. The molecule has 0 bridgehead atoms. The number of unbranched alkanes of at least 4 members (excludes halogenated alkanes) is 7. The summed E-state index contributed by atoms with van der Waals surface area (Å²) >= 11 is 0. The van der Waals surface area contributed by atoms with Crippen LogP contribution < -0.4 is 0 Å². The lowest BCUT2D eigenvalue weighted by molar-refractivity contribution is -0.301. The Bertz CT molecular complexity index is 1130. The number of hydrogen-bond acceptors (Lipinski definition) is 11. The minimum atomic E-state index is -5.06. The van der Waals surface area contributed by atoms with E-state index in [0.717, 1.165) is 51.4 Å². The van der Waals surface area contributed by atoms with Gasteiger partial charge in [0.2, 0.25) is 0 Å². The van der Waals surface area contributed by atoms with Crippen LogP contribution in [0.1, 0.15) is 110 Å². The van der Waals surface area contributed by atoms with Gasteiger partial charge in [0.25, 0.3) is 0 Å². The highest BCUT2D eigenvalue weighted by Gasteiger charge is 2.48. The van der Waals surface area contributed by atoms with E-state index in [-0.39, 0.29) is 19.6 Å². The van der Waals surface area contributed by atoms with Crippen molar-refractivity contribution in [3.63, 3.8) is 0 Å². The van der Waals surface area contributed by atoms with Crippen LogP contribution in [0.25, 0.3) is 0 Å². The molecule has 6 unspecified atom stereocenters. The van der Waals surface area contributed by atoms with Crippen molar-refractivity contribution >= 4 is 16.4 Å². The van der Waals surface area contributed by atoms with Crippen molar-refractivity contribution in [3.05, 3.63) is 60.8 Å². The van der Waals surface area contributed by atoms with E-state index in [4.69, 9.17) is 23.5 Å². The van der Waals surface area contributed by atoms with E-state index >= 15 is 0 Å². The second-order valence-electron chi connectivity index (χ2n) is 12.4. The normalized spacial score (nSPS) is 22.4. The Hall–Kier alpha value is -2.20. The van der Waals surface area contributed by atoms with Gasteiger partial charge >= 0.3 is 16.4 Å². The second-order valence-corrected chi connectivity index (χ2v) is 13.5. The number of aliphatic hydroxyl groups excluding tert-OH is 3. The van der Waals surface area contributed by atoms with Gasteiger partial charge in [-0.05, 0) is 51.4 Å². The zero-order valence-electron chi connectivity index (χ0n) is 30.6. The van der Waals surface area contributed by atoms with Crippen molar-refractivity contribution in [2.75, 3.05) is 26.4 Å². The average molecular weight is 745 g/mol. The number of rotatable bonds is 30. The number of allylic oxidation sites excluding steroid dienone is 10. The molecule has 1 saturated heterocycles. The number of carbonyl (C=O) groups excluding carboxylic acids is 1. The van der Waals surface area contributed by atoms with E-state index < -0.39 is 59.8 Å². The fraction of sp³-hybridized carbons (Fsp3) is 0.711. The molecule has 0 spiro atoms. The van der Waals surface area contributed by atoms with Gasteiger partial charge in [0.15, 0.2) is 6.29 Å². The molecule has 4 N–H and O–H groups in total. The fourth-order valence-corrected chi connectivity index (χ4v) is 5.63. The number of aliphatic hydroxyl groups is 3.